The Labute approximate surface area is 390 Å². The number of hydrogen-bond donors (Lipinski definition) is 0. The zero-order valence-corrected chi connectivity index (χ0v) is 38.5. The van der Waals surface area contributed by atoms with Gasteiger partial charge >= 0.3 is 7.82 Å². The molecule has 0 radical (unpaired) electrons. The van der Waals surface area contributed by atoms with Crippen molar-refractivity contribution >= 4 is 19.4 Å². The Balaban J connectivity index is 1.32. The monoisotopic (exact) mass is 949 g/mol. The summed E-state index contributed by atoms with van der Waals surface area (Å²) >= 11 is 6.38. The Hall–Kier alpha value is -4.58. The van der Waals surface area contributed by atoms with Gasteiger partial charge in [0, 0.05) is 0 Å². The predicted molar refractivity (Wildman–Crippen MR) is 241 cm³/mol. The average Bonchev–Trinajstić information content (AvgIpc) is 3.34. The molecule has 0 N–H and O–H groups in total. The highest BCUT2D eigenvalue weighted by atomic mass is 35.5. The zero-order chi connectivity index (χ0) is 46.0. The number of halogens is 1. The van der Waals surface area contributed by atoms with Gasteiger partial charge in [-0.05, 0) is 65.2 Å². The highest BCUT2D eigenvalue weighted by Crippen LogP contribution is 2.48. The van der Waals surface area contributed by atoms with E-state index < -0.39 is 44.1 Å². The van der Waals surface area contributed by atoms with Crippen LogP contribution in [0.25, 0.3) is 0 Å². The van der Waals surface area contributed by atoms with E-state index in [-0.39, 0.29) is 50.4 Å². The van der Waals surface area contributed by atoms with E-state index in [9.17, 15) is 9.46 Å². The number of fused-ring (bicyclic) bond motifs is 1. The van der Waals surface area contributed by atoms with Gasteiger partial charge in [-0.25, -0.2) is 0 Å². The zero-order valence-electron chi connectivity index (χ0n) is 36.8. The van der Waals surface area contributed by atoms with Gasteiger partial charge in [-0.3, -0.25) is 4.57 Å². The number of phosphoric acid groups is 1. The highest BCUT2D eigenvalue weighted by molar-refractivity contribution is 7.46. The average molecular weight is 950 g/mol. The fraction of sp³-hybridized carbons (Fsp3) is 0.388. The first kappa shape index (κ1) is 49.3. The standard InChI is InChI=1S/C49H56ClO15P/c1-53-39-21-17-37(18-22-39)49(36-11-5-3-6-12-36,38-19-23-40(54-2)24-20-38)61-35-44-45(65-66(51,52)64-43-16-10-9-15-42(43)50)46-47(48(63-44)62-41-13-7-4-8-14-41)60-34-32-58-30-28-56-26-25-55-27-29-57-31-33-59-46/h3-24,44-48H,25-35H2,1-2H3,(H,51,52)/p-1/t44-,45-,46+,47-,48-/m1/s1. The molecule has 354 valence electrons. The van der Waals surface area contributed by atoms with Crippen LogP contribution < -0.4 is 23.6 Å². The molecule has 2 fully saturated rings. The summed E-state index contributed by atoms with van der Waals surface area (Å²) in [6.45, 7) is 2.03. The Kier molecular flexibility index (Phi) is 18.7. The minimum Gasteiger partial charge on any atom is -0.746 e. The molecular formula is C49H55ClO15P-. The molecule has 66 heavy (non-hydrogen) atoms. The minimum absolute atomic E-state index is 0.0180. The lowest BCUT2D eigenvalue weighted by molar-refractivity contribution is -0.308. The van der Waals surface area contributed by atoms with Gasteiger partial charge in [0.15, 0.2) is 0 Å². The van der Waals surface area contributed by atoms with Crippen molar-refractivity contribution in [2.24, 2.45) is 0 Å². The maximum Gasteiger partial charge on any atom is 0.320 e. The number of rotatable bonds is 14. The quantitative estimate of drug-likeness (QED) is 0.0808. The molecule has 0 amide bonds. The van der Waals surface area contributed by atoms with Crippen LogP contribution in [-0.4, -0.2) is 118 Å². The fourth-order valence-electron chi connectivity index (χ4n) is 7.57. The molecule has 0 saturated carbocycles. The number of ether oxygens (including phenoxy) is 11. The third-order valence-electron chi connectivity index (χ3n) is 10.7. The Morgan fingerprint density at radius 3 is 1.59 bits per heavy atom. The fourth-order valence-corrected chi connectivity index (χ4v) is 8.80. The summed E-state index contributed by atoms with van der Waals surface area (Å²) in [4.78, 5) is 14.2. The smallest absolute Gasteiger partial charge is 0.320 e. The molecule has 2 aliphatic heterocycles. The summed E-state index contributed by atoms with van der Waals surface area (Å²) in [6.07, 6.45) is -6.28. The molecule has 5 aromatic rings. The topological polar surface area (TPSA) is 160 Å². The maximum atomic E-state index is 14.2. The van der Waals surface area contributed by atoms with Crippen LogP contribution in [0.5, 0.6) is 23.0 Å². The SMILES string of the molecule is COc1ccc(C(OC[C@H]2O[C@@H](Oc3ccccc3)[C@@H]3OCCOCCOCCOCCOCCO[C@H]3[C@@H]2OP(=O)([O-])Oc2ccccc2Cl)(c2ccccc2)c2ccc(OC)cc2)cc1. The third kappa shape index (κ3) is 13.3. The van der Waals surface area contributed by atoms with Crippen molar-refractivity contribution in [1.82, 2.24) is 0 Å². The van der Waals surface area contributed by atoms with E-state index in [2.05, 4.69) is 0 Å². The minimum atomic E-state index is -5.31. The van der Waals surface area contributed by atoms with E-state index in [0.29, 0.717) is 50.3 Å². The van der Waals surface area contributed by atoms with Crippen LogP contribution in [-0.2, 0) is 52.6 Å². The van der Waals surface area contributed by atoms with Crippen LogP contribution in [0.1, 0.15) is 16.7 Å². The van der Waals surface area contributed by atoms with Gasteiger partial charge in [-0.15, -0.1) is 0 Å². The van der Waals surface area contributed by atoms with Gasteiger partial charge in [-0.2, -0.15) is 0 Å². The molecule has 0 aromatic heterocycles. The first-order valence-electron chi connectivity index (χ1n) is 21.6. The van der Waals surface area contributed by atoms with Gasteiger partial charge in [0.2, 0.25) is 6.29 Å². The molecular weight excluding hydrogens is 895 g/mol. The van der Waals surface area contributed by atoms with Gasteiger partial charge in [0.1, 0.15) is 53.0 Å². The van der Waals surface area contributed by atoms with Crippen molar-refractivity contribution in [3.05, 3.63) is 155 Å². The molecule has 0 spiro atoms. The number of phosphoric ester groups is 1. The Bertz CT molecular complexity index is 2170. The van der Waals surface area contributed by atoms with Gasteiger partial charge in [-0.1, -0.05) is 96.5 Å². The maximum absolute atomic E-state index is 14.2. The molecule has 2 aliphatic rings. The van der Waals surface area contributed by atoms with Crippen LogP contribution in [0.4, 0.5) is 0 Å². The van der Waals surface area contributed by atoms with Crippen molar-refractivity contribution in [2.75, 3.05) is 86.9 Å². The lowest BCUT2D eigenvalue weighted by Crippen LogP contribution is -2.63. The van der Waals surface area contributed by atoms with Crippen LogP contribution >= 0.6 is 19.4 Å². The summed E-state index contributed by atoms with van der Waals surface area (Å²) in [5.41, 5.74) is 0.855. The van der Waals surface area contributed by atoms with Crippen LogP contribution in [0, 0.1) is 0 Å². The van der Waals surface area contributed by atoms with E-state index >= 15 is 0 Å². The molecule has 0 bridgehead atoms. The summed E-state index contributed by atoms with van der Waals surface area (Å²) in [6, 6.07) is 39.8. The Morgan fingerprint density at radius 1 is 0.591 bits per heavy atom. The van der Waals surface area contributed by atoms with Gasteiger partial charge in [0.25, 0.3) is 0 Å². The van der Waals surface area contributed by atoms with Crippen LogP contribution in [0.3, 0.4) is 0 Å². The number of para-hydroxylation sites is 2. The molecule has 5 aromatic carbocycles. The van der Waals surface area contributed by atoms with E-state index in [1.165, 1.54) is 12.1 Å². The second-order valence-corrected chi connectivity index (χ2v) is 16.6. The molecule has 15 nitrogen and oxygen atoms in total. The molecule has 6 atom stereocenters. The van der Waals surface area contributed by atoms with Gasteiger partial charge in [0.05, 0.1) is 91.9 Å². The first-order valence-corrected chi connectivity index (χ1v) is 23.5. The van der Waals surface area contributed by atoms with E-state index in [0.717, 1.165) is 16.7 Å². The number of hydrogen-bond acceptors (Lipinski definition) is 15. The van der Waals surface area contributed by atoms with Crippen molar-refractivity contribution < 1.29 is 70.6 Å². The molecule has 7 rings (SSSR count). The number of benzene rings is 5. The molecule has 0 aliphatic carbocycles. The highest BCUT2D eigenvalue weighted by Gasteiger charge is 2.52. The van der Waals surface area contributed by atoms with E-state index in [1.54, 1.807) is 38.5 Å². The number of methoxy groups -OCH3 is 2. The molecule has 17 heteroatoms. The van der Waals surface area contributed by atoms with Crippen molar-refractivity contribution in [1.29, 1.82) is 0 Å². The van der Waals surface area contributed by atoms with Gasteiger partial charge < -0.3 is 66.0 Å². The van der Waals surface area contributed by atoms with E-state index in [1.807, 2.05) is 97.1 Å². The Morgan fingerprint density at radius 2 is 1.06 bits per heavy atom. The predicted octanol–water partition coefficient (Wildman–Crippen LogP) is 7.25. The second-order valence-electron chi connectivity index (χ2n) is 14.9. The lowest BCUT2D eigenvalue weighted by atomic mass is 9.80. The van der Waals surface area contributed by atoms with Crippen molar-refractivity contribution in [3.63, 3.8) is 0 Å². The van der Waals surface area contributed by atoms with Crippen LogP contribution in [0.2, 0.25) is 5.02 Å². The summed E-state index contributed by atoms with van der Waals surface area (Å²) in [7, 11) is -2.12. The first-order chi connectivity index (χ1) is 32.3. The molecule has 1 unspecified atom stereocenters. The van der Waals surface area contributed by atoms with Crippen molar-refractivity contribution in [3.8, 4) is 23.0 Å². The molecule has 2 saturated heterocycles. The summed E-state index contributed by atoms with van der Waals surface area (Å²) in [5, 5.41) is 0.0557. The second kappa shape index (κ2) is 25.0. The normalized spacial score (nSPS) is 22.6. The largest absolute Gasteiger partial charge is 0.746 e. The lowest BCUT2D eigenvalue weighted by Gasteiger charge is -2.47. The summed E-state index contributed by atoms with van der Waals surface area (Å²) in [5.74, 6) is 1.58. The third-order valence-corrected chi connectivity index (χ3v) is 11.9. The van der Waals surface area contributed by atoms with E-state index in [4.69, 9.17) is 72.8 Å². The summed E-state index contributed by atoms with van der Waals surface area (Å²) < 4.78 is 93.6. The molecule has 2 heterocycles. The van der Waals surface area contributed by atoms with Crippen molar-refractivity contribution in [2.45, 2.75) is 36.3 Å². The van der Waals surface area contributed by atoms with Crippen LogP contribution in [0.15, 0.2) is 133 Å².